The topological polar surface area (TPSA) is 8.81 Å². The molecule has 0 spiro atoms. The summed E-state index contributed by atoms with van der Waals surface area (Å²) in [4.78, 5) is 0. The fourth-order valence-corrected chi connectivity index (χ4v) is 1.21. The first-order valence-electron chi connectivity index (χ1n) is 4.73. The van der Waals surface area contributed by atoms with Crippen LogP contribution in [0.25, 0.3) is 0 Å². The number of hydrogen-bond acceptors (Lipinski definition) is 0. The SMILES string of the molecule is CCC(C)CCn1cc[n+](C)c1. The summed E-state index contributed by atoms with van der Waals surface area (Å²) in [6.07, 6.45) is 8.90. The van der Waals surface area contributed by atoms with Crippen LogP contribution in [0.4, 0.5) is 0 Å². The van der Waals surface area contributed by atoms with E-state index in [0.717, 1.165) is 12.5 Å². The molecule has 0 aliphatic heterocycles. The maximum absolute atomic E-state index is 2.31. The molecule has 0 saturated heterocycles. The lowest BCUT2D eigenvalue weighted by atomic mass is 10.1. The Bertz CT molecular complexity index is 227. The molecule has 0 aromatic carbocycles. The van der Waals surface area contributed by atoms with Crippen molar-refractivity contribution in [3.8, 4) is 0 Å². The zero-order valence-electron chi connectivity index (χ0n) is 8.33. The highest BCUT2D eigenvalue weighted by Crippen LogP contribution is 2.07. The van der Waals surface area contributed by atoms with Crippen molar-refractivity contribution in [3.05, 3.63) is 18.7 Å². The first kappa shape index (κ1) is 9.30. The maximum Gasteiger partial charge on any atom is 0.243 e. The highest BCUT2D eigenvalue weighted by atomic mass is 15.1. The number of aromatic nitrogens is 2. The monoisotopic (exact) mass is 167 g/mol. The number of hydrogen-bond donors (Lipinski definition) is 0. The van der Waals surface area contributed by atoms with Crippen LogP contribution in [0, 0.1) is 5.92 Å². The van der Waals surface area contributed by atoms with Gasteiger partial charge < -0.3 is 0 Å². The summed E-state index contributed by atoms with van der Waals surface area (Å²) in [6, 6.07) is 0. The number of aryl methyl sites for hydroxylation is 2. The molecule has 0 saturated carbocycles. The molecular weight excluding hydrogens is 148 g/mol. The molecule has 1 unspecified atom stereocenters. The number of rotatable bonds is 4. The minimum absolute atomic E-state index is 0.845. The van der Waals surface area contributed by atoms with Crippen molar-refractivity contribution in [2.75, 3.05) is 0 Å². The Morgan fingerprint density at radius 2 is 2.25 bits per heavy atom. The molecule has 1 aromatic rings. The lowest BCUT2D eigenvalue weighted by molar-refractivity contribution is -0.671. The Morgan fingerprint density at radius 1 is 1.50 bits per heavy atom. The molecule has 12 heavy (non-hydrogen) atoms. The Labute approximate surface area is 74.8 Å². The van der Waals surface area contributed by atoms with Crippen LogP contribution in [-0.4, -0.2) is 4.57 Å². The summed E-state index contributed by atoms with van der Waals surface area (Å²) < 4.78 is 4.32. The second-order valence-corrected chi connectivity index (χ2v) is 3.62. The molecule has 1 atom stereocenters. The standard InChI is InChI=1S/C10H19N2/c1-4-10(2)5-6-12-8-7-11(3)9-12/h7-10H,4-6H2,1-3H3/q+1. The van der Waals surface area contributed by atoms with Gasteiger partial charge in [0.25, 0.3) is 0 Å². The quantitative estimate of drug-likeness (QED) is 0.604. The van der Waals surface area contributed by atoms with Gasteiger partial charge in [0.2, 0.25) is 6.33 Å². The Hall–Kier alpha value is -0.790. The highest BCUT2D eigenvalue weighted by molar-refractivity contribution is 4.66. The van der Waals surface area contributed by atoms with Gasteiger partial charge in [0, 0.05) is 0 Å². The number of nitrogens with zero attached hydrogens (tertiary/aromatic N) is 2. The van der Waals surface area contributed by atoms with Crippen LogP contribution in [0.1, 0.15) is 26.7 Å². The first-order chi connectivity index (χ1) is 5.72. The van der Waals surface area contributed by atoms with E-state index in [1.807, 2.05) is 0 Å². The largest absolute Gasteiger partial charge is 0.243 e. The van der Waals surface area contributed by atoms with Gasteiger partial charge in [-0.2, -0.15) is 0 Å². The van der Waals surface area contributed by atoms with Gasteiger partial charge >= 0.3 is 0 Å². The van der Waals surface area contributed by atoms with Gasteiger partial charge in [-0.05, 0) is 12.3 Å². The Morgan fingerprint density at radius 3 is 2.75 bits per heavy atom. The zero-order valence-corrected chi connectivity index (χ0v) is 8.33. The van der Waals surface area contributed by atoms with Gasteiger partial charge in [-0.1, -0.05) is 20.3 Å². The van der Waals surface area contributed by atoms with Crippen LogP contribution < -0.4 is 4.57 Å². The average molecular weight is 167 g/mol. The van der Waals surface area contributed by atoms with E-state index in [4.69, 9.17) is 0 Å². The van der Waals surface area contributed by atoms with Crippen molar-refractivity contribution >= 4 is 0 Å². The fourth-order valence-electron chi connectivity index (χ4n) is 1.21. The number of imidazole rings is 1. The predicted molar refractivity (Wildman–Crippen MR) is 49.7 cm³/mol. The molecule has 1 heterocycles. The van der Waals surface area contributed by atoms with E-state index in [1.165, 1.54) is 12.8 Å². The molecule has 2 heteroatoms. The summed E-state index contributed by atoms with van der Waals surface area (Å²) in [5.41, 5.74) is 0. The van der Waals surface area contributed by atoms with Crippen LogP contribution >= 0.6 is 0 Å². The minimum atomic E-state index is 0.845. The van der Waals surface area contributed by atoms with E-state index in [9.17, 15) is 0 Å². The normalized spacial score (nSPS) is 13.2. The zero-order chi connectivity index (χ0) is 8.97. The van der Waals surface area contributed by atoms with Gasteiger partial charge in [0.1, 0.15) is 12.4 Å². The van der Waals surface area contributed by atoms with Crippen LogP contribution in [0.15, 0.2) is 18.7 Å². The molecule has 0 amide bonds. The van der Waals surface area contributed by atoms with Crippen LogP contribution in [0.2, 0.25) is 0 Å². The van der Waals surface area contributed by atoms with Gasteiger partial charge in [-0.25, -0.2) is 9.13 Å². The molecule has 0 fully saturated rings. The summed E-state index contributed by atoms with van der Waals surface area (Å²) in [7, 11) is 2.06. The predicted octanol–water partition coefficient (Wildman–Crippen LogP) is 1.75. The van der Waals surface area contributed by atoms with Crippen molar-refractivity contribution in [1.29, 1.82) is 0 Å². The molecule has 0 N–H and O–H groups in total. The third-order valence-corrected chi connectivity index (χ3v) is 2.40. The Balaban J connectivity index is 2.33. The van der Waals surface area contributed by atoms with Gasteiger partial charge in [-0.15, -0.1) is 0 Å². The van der Waals surface area contributed by atoms with Gasteiger partial charge in [0.05, 0.1) is 13.6 Å². The molecule has 1 aromatic heterocycles. The third-order valence-electron chi connectivity index (χ3n) is 2.40. The lowest BCUT2D eigenvalue weighted by Crippen LogP contribution is -2.23. The molecule has 1 rings (SSSR count). The average Bonchev–Trinajstić information content (AvgIpc) is 2.47. The summed E-state index contributed by atoms with van der Waals surface area (Å²) >= 11 is 0. The highest BCUT2D eigenvalue weighted by Gasteiger charge is 2.03. The Kier molecular flexibility index (Phi) is 3.32. The first-order valence-corrected chi connectivity index (χ1v) is 4.73. The van der Waals surface area contributed by atoms with E-state index in [-0.39, 0.29) is 0 Å². The van der Waals surface area contributed by atoms with E-state index >= 15 is 0 Å². The fraction of sp³-hybridized carbons (Fsp3) is 0.700. The van der Waals surface area contributed by atoms with Crippen molar-refractivity contribution in [2.45, 2.75) is 33.2 Å². The van der Waals surface area contributed by atoms with Crippen molar-refractivity contribution in [1.82, 2.24) is 4.57 Å². The maximum atomic E-state index is 2.31. The van der Waals surface area contributed by atoms with Crippen LogP contribution in [0.5, 0.6) is 0 Å². The molecule has 68 valence electrons. The summed E-state index contributed by atoms with van der Waals surface area (Å²) in [5.74, 6) is 0.845. The van der Waals surface area contributed by atoms with E-state index in [0.29, 0.717) is 0 Å². The summed E-state index contributed by atoms with van der Waals surface area (Å²) in [6.45, 7) is 5.71. The molecular formula is C10H19N2+. The van der Waals surface area contributed by atoms with Crippen molar-refractivity contribution in [3.63, 3.8) is 0 Å². The molecule has 0 bridgehead atoms. The van der Waals surface area contributed by atoms with E-state index in [2.05, 4.69) is 48.8 Å². The second kappa shape index (κ2) is 4.29. The smallest absolute Gasteiger partial charge is 0.240 e. The lowest BCUT2D eigenvalue weighted by Gasteiger charge is -2.04. The molecule has 0 radical (unpaired) electrons. The summed E-state index contributed by atoms with van der Waals surface area (Å²) in [5, 5.41) is 0. The molecule has 0 aliphatic rings. The van der Waals surface area contributed by atoms with Gasteiger partial charge in [0.15, 0.2) is 0 Å². The molecule has 0 aliphatic carbocycles. The van der Waals surface area contributed by atoms with Gasteiger partial charge in [-0.3, -0.25) is 0 Å². The van der Waals surface area contributed by atoms with Crippen molar-refractivity contribution < 1.29 is 4.57 Å². The van der Waals surface area contributed by atoms with E-state index < -0.39 is 0 Å². The third kappa shape index (κ3) is 2.68. The minimum Gasteiger partial charge on any atom is -0.240 e. The second-order valence-electron chi connectivity index (χ2n) is 3.62. The molecule has 2 nitrogen and oxygen atoms in total. The van der Waals surface area contributed by atoms with Crippen molar-refractivity contribution in [2.24, 2.45) is 13.0 Å². The van der Waals surface area contributed by atoms with E-state index in [1.54, 1.807) is 0 Å². The van der Waals surface area contributed by atoms with Crippen LogP contribution in [-0.2, 0) is 13.6 Å². The van der Waals surface area contributed by atoms with Crippen LogP contribution in [0.3, 0.4) is 0 Å².